The van der Waals surface area contributed by atoms with E-state index in [1.54, 1.807) is 25.3 Å². The smallest absolute Gasteiger partial charge is 0.309 e. The fourth-order valence-corrected chi connectivity index (χ4v) is 6.01. The predicted octanol–water partition coefficient (Wildman–Crippen LogP) is 4.94. The third-order valence-corrected chi connectivity index (χ3v) is 8.04. The molecule has 11 nitrogen and oxygen atoms in total. The number of aliphatic carboxylic acids is 1. The molecule has 2 aliphatic heterocycles. The molecule has 0 unspecified atom stereocenters. The number of aryl methyl sites for hydroxylation is 2. The summed E-state index contributed by atoms with van der Waals surface area (Å²) in [6.45, 7) is 4.09. The number of amides is 1. The number of nitrogens with one attached hydrogen (secondary N) is 1. The zero-order chi connectivity index (χ0) is 30.0. The maximum atomic E-state index is 13.6. The molecule has 0 aromatic heterocycles. The number of methoxy groups -OCH3 is 1. The molecular weight excluding hydrogens is 542 g/mol. The van der Waals surface area contributed by atoms with Crippen LogP contribution < -0.4 is 19.5 Å². The summed E-state index contributed by atoms with van der Waals surface area (Å²) in [6.07, 6.45) is 0.992. The van der Waals surface area contributed by atoms with Gasteiger partial charge in [0.15, 0.2) is 11.5 Å². The highest BCUT2D eigenvalue weighted by Crippen LogP contribution is 2.47. The number of nitrogens with zero attached hydrogens (tertiary/aromatic N) is 2. The number of rotatable bonds is 10. The third kappa shape index (κ3) is 5.60. The first kappa shape index (κ1) is 28.9. The Bertz CT molecular complexity index is 1480. The molecule has 3 aromatic rings. The molecule has 0 aliphatic carbocycles. The molecule has 3 aromatic carbocycles. The number of carbonyl (C=O) groups is 2. The van der Waals surface area contributed by atoms with Crippen molar-refractivity contribution in [2.45, 2.75) is 38.6 Å². The summed E-state index contributed by atoms with van der Waals surface area (Å²) in [5.41, 5.74) is 3.42. The highest BCUT2D eigenvalue weighted by atomic mass is 16.7. The van der Waals surface area contributed by atoms with Gasteiger partial charge in [0.2, 0.25) is 12.7 Å². The Morgan fingerprint density at radius 2 is 1.67 bits per heavy atom. The standard InChI is InChI=1S/C31H33N3O8/c1-4-18-12-22(34(38)39)13-19(5-2)29(18)32-27(35)16-33-15-24(21-8-11-25-26(14-21)42-17-41-25)28(31(36)37)30(33)20-6-9-23(40-3)10-7-20/h6-14,24,28,30H,4-5,15-17H2,1-3H3,(H,32,35)(H,36,37)/t24-,28+,30-/m1/s1. The van der Waals surface area contributed by atoms with Gasteiger partial charge in [-0.3, -0.25) is 24.6 Å². The van der Waals surface area contributed by atoms with Crippen molar-refractivity contribution >= 4 is 23.3 Å². The van der Waals surface area contributed by atoms with Crippen LogP contribution in [0.5, 0.6) is 17.2 Å². The summed E-state index contributed by atoms with van der Waals surface area (Å²) in [4.78, 5) is 39.3. The second kappa shape index (κ2) is 12.1. The molecule has 42 heavy (non-hydrogen) atoms. The Kier molecular flexibility index (Phi) is 8.30. The molecule has 0 saturated carbocycles. The highest BCUT2D eigenvalue weighted by Gasteiger charge is 2.48. The number of ether oxygens (including phenoxy) is 3. The number of anilines is 1. The quantitative estimate of drug-likeness (QED) is 0.254. The number of non-ortho nitro benzene ring substituents is 1. The first-order valence-electron chi connectivity index (χ1n) is 13.8. The molecule has 2 N–H and O–H groups in total. The molecular formula is C31H33N3O8. The minimum Gasteiger partial charge on any atom is -0.497 e. The number of likely N-dealkylation sites (tertiary alicyclic amines) is 1. The van der Waals surface area contributed by atoms with Crippen LogP contribution in [0.25, 0.3) is 0 Å². The topological polar surface area (TPSA) is 140 Å². The Labute approximate surface area is 243 Å². The maximum absolute atomic E-state index is 13.6. The lowest BCUT2D eigenvalue weighted by molar-refractivity contribution is -0.385. The van der Waals surface area contributed by atoms with Crippen LogP contribution in [0, 0.1) is 16.0 Å². The highest BCUT2D eigenvalue weighted by molar-refractivity contribution is 5.94. The van der Waals surface area contributed by atoms with E-state index in [2.05, 4.69) is 5.32 Å². The molecule has 1 fully saturated rings. The second-order valence-electron chi connectivity index (χ2n) is 10.4. The van der Waals surface area contributed by atoms with Crippen LogP contribution in [-0.2, 0) is 22.4 Å². The minimum atomic E-state index is -0.974. The Morgan fingerprint density at radius 1 is 1.02 bits per heavy atom. The normalized spacial score (nSPS) is 19.5. The van der Waals surface area contributed by atoms with Gasteiger partial charge >= 0.3 is 5.97 Å². The molecule has 11 heteroatoms. The first-order valence-corrected chi connectivity index (χ1v) is 13.8. The van der Waals surface area contributed by atoms with E-state index in [0.29, 0.717) is 53.4 Å². The Hall–Kier alpha value is -4.64. The van der Waals surface area contributed by atoms with Crippen LogP contribution in [0.2, 0.25) is 0 Å². The summed E-state index contributed by atoms with van der Waals surface area (Å²) in [5, 5.41) is 24.9. The van der Waals surface area contributed by atoms with E-state index < -0.39 is 28.8 Å². The molecule has 0 spiro atoms. The van der Waals surface area contributed by atoms with Crippen molar-refractivity contribution in [1.29, 1.82) is 0 Å². The second-order valence-corrected chi connectivity index (χ2v) is 10.4. The zero-order valence-corrected chi connectivity index (χ0v) is 23.7. The SMILES string of the molecule is CCc1cc([N+](=O)[O-])cc(CC)c1NC(=O)CN1C[C@H](c2ccc3c(c2)OCO3)[C@H](C(=O)O)[C@H]1c1ccc(OC)cc1. The fourth-order valence-electron chi connectivity index (χ4n) is 6.01. The molecule has 5 rings (SSSR count). The maximum Gasteiger partial charge on any atom is 0.309 e. The average molecular weight is 576 g/mol. The van der Waals surface area contributed by atoms with Gasteiger partial charge in [0, 0.05) is 36.3 Å². The summed E-state index contributed by atoms with van der Waals surface area (Å²) < 4.78 is 16.3. The molecule has 3 atom stereocenters. The van der Waals surface area contributed by atoms with Crippen molar-refractivity contribution in [3.63, 3.8) is 0 Å². The van der Waals surface area contributed by atoms with Gasteiger partial charge in [-0.25, -0.2) is 0 Å². The molecule has 2 heterocycles. The van der Waals surface area contributed by atoms with E-state index in [-0.39, 0.29) is 24.9 Å². The molecule has 1 saturated heterocycles. The van der Waals surface area contributed by atoms with E-state index in [1.807, 2.05) is 43.0 Å². The number of carboxylic acids is 1. The monoisotopic (exact) mass is 575 g/mol. The molecule has 0 bridgehead atoms. The molecule has 1 amide bonds. The van der Waals surface area contributed by atoms with Crippen LogP contribution in [0.4, 0.5) is 11.4 Å². The zero-order valence-electron chi connectivity index (χ0n) is 23.7. The van der Waals surface area contributed by atoms with Gasteiger partial charge in [-0.2, -0.15) is 0 Å². The van der Waals surface area contributed by atoms with Gasteiger partial charge in [0.1, 0.15) is 5.75 Å². The number of nitro benzene ring substituents is 1. The fraction of sp³-hybridized carbons (Fsp3) is 0.355. The lowest BCUT2D eigenvalue weighted by Gasteiger charge is -2.27. The minimum absolute atomic E-state index is 0.0170. The number of hydrogen-bond acceptors (Lipinski definition) is 8. The van der Waals surface area contributed by atoms with E-state index in [0.717, 1.165) is 11.1 Å². The van der Waals surface area contributed by atoms with Gasteiger partial charge in [0.25, 0.3) is 5.69 Å². The van der Waals surface area contributed by atoms with Crippen molar-refractivity contribution < 1.29 is 33.8 Å². The van der Waals surface area contributed by atoms with E-state index in [9.17, 15) is 24.8 Å². The van der Waals surface area contributed by atoms with Crippen LogP contribution in [0.1, 0.15) is 48.1 Å². The number of nitro groups is 1. The van der Waals surface area contributed by atoms with Crippen LogP contribution >= 0.6 is 0 Å². The Morgan fingerprint density at radius 3 is 2.26 bits per heavy atom. The van der Waals surface area contributed by atoms with Crippen molar-refractivity contribution in [1.82, 2.24) is 4.90 Å². The molecule has 220 valence electrons. The van der Waals surface area contributed by atoms with E-state index in [1.165, 1.54) is 12.1 Å². The number of carboxylic acid groups (broad SMARTS) is 1. The lowest BCUT2D eigenvalue weighted by atomic mass is 9.82. The van der Waals surface area contributed by atoms with Gasteiger partial charge in [0.05, 0.1) is 24.5 Å². The summed E-state index contributed by atoms with van der Waals surface area (Å²) in [7, 11) is 1.56. The van der Waals surface area contributed by atoms with Crippen LogP contribution in [0.15, 0.2) is 54.6 Å². The number of fused-ring (bicyclic) bond motifs is 1. The molecule has 0 radical (unpaired) electrons. The van der Waals surface area contributed by atoms with Crippen LogP contribution in [-0.4, -0.2) is 53.8 Å². The van der Waals surface area contributed by atoms with Crippen molar-refractivity contribution in [3.05, 3.63) is 87.0 Å². The summed E-state index contributed by atoms with van der Waals surface area (Å²) in [6, 6.07) is 15.0. The summed E-state index contributed by atoms with van der Waals surface area (Å²) >= 11 is 0. The van der Waals surface area contributed by atoms with Crippen molar-refractivity contribution in [3.8, 4) is 17.2 Å². The largest absolute Gasteiger partial charge is 0.497 e. The van der Waals surface area contributed by atoms with E-state index >= 15 is 0 Å². The predicted molar refractivity (Wildman–Crippen MR) is 154 cm³/mol. The number of hydrogen-bond donors (Lipinski definition) is 2. The average Bonchev–Trinajstić information content (AvgIpc) is 3.61. The van der Waals surface area contributed by atoms with Crippen molar-refractivity contribution in [2.75, 3.05) is 32.3 Å². The molecule has 2 aliphatic rings. The van der Waals surface area contributed by atoms with Gasteiger partial charge in [-0.1, -0.05) is 32.0 Å². The van der Waals surface area contributed by atoms with Gasteiger partial charge in [-0.05, 0) is 59.4 Å². The first-order chi connectivity index (χ1) is 20.2. The third-order valence-electron chi connectivity index (χ3n) is 8.04. The van der Waals surface area contributed by atoms with Crippen molar-refractivity contribution in [2.24, 2.45) is 5.92 Å². The summed E-state index contributed by atoms with van der Waals surface area (Å²) in [5.74, 6) is -0.797. The number of benzene rings is 3. The van der Waals surface area contributed by atoms with Gasteiger partial charge < -0.3 is 24.6 Å². The van der Waals surface area contributed by atoms with Crippen LogP contribution in [0.3, 0.4) is 0 Å². The van der Waals surface area contributed by atoms with Gasteiger partial charge in [-0.15, -0.1) is 0 Å². The van der Waals surface area contributed by atoms with E-state index in [4.69, 9.17) is 14.2 Å². The number of carbonyl (C=O) groups excluding carboxylic acids is 1. The lowest BCUT2D eigenvalue weighted by Crippen LogP contribution is -2.35. The Balaban J connectivity index is 1.49.